The van der Waals surface area contributed by atoms with Crippen LogP contribution in [0.1, 0.15) is 32.5 Å². The summed E-state index contributed by atoms with van der Waals surface area (Å²) in [6.07, 6.45) is 2.50. The van der Waals surface area contributed by atoms with Gasteiger partial charge in [0, 0.05) is 13.5 Å². The predicted octanol–water partition coefficient (Wildman–Crippen LogP) is 2.91. The van der Waals surface area contributed by atoms with E-state index in [0.29, 0.717) is 12.3 Å². The molecule has 0 bridgehead atoms. The first-order valence-corrected chi connectivity index (χ1v) is 6.72. The highest BCUT2D eigenvalue weighted by Gasteiger charge is 2.17. The lowest BCUT2D eigenvalue weighted by Gasteiger charge is -2.17. The third-order valence-corrected chi connectivity index (χ3v) is 3.67. The molecule has 2 aromatic rings. The molecule has 3 nitrogen and oxygen atoms in total. The number of aliphatic hydroxyl groups excluding tert-OH is 1. The Balaban J connectivity index is 2.19. The summed E-state index contributed by atoms with van der Waals surface area (Å²) in [4.78, 5) is 4.60. The van der Waals surface area contributed by atoms with Gasteiger partial charge >= 0.3 is 0 Å². The molecule has 3 heteroatoms. The molecule has 18 heavy (non-hydrogen) atoms. The molecule has 0 fully saturated rings. The van der Waals surface area contributed by atoms with Crippen molar-refractivity contribution in [1.82, 2.24) is 9.55 Å². The quantitative estimate of drug-likeness (QED) is 0.881. The molecule has 0 radical (unpaired) electrons. The van der Waals surface area contributed by atoms with Crippen LogP contribution < -0.4 is 0 Å². The molecule has 0 amide bonds. The Bertz CT molecular complexity index is 518. The van der Waals surface area contributed by atoms with Gasteiger partial charge in [0.1, 0.15) is 5.82 Å². The number of hydrogen-bond donors (Lipinski definition) is 1. The Kier molecular flexibility index (Phi) is 4.02. The van der Waals surface area contributed by atoms with E-state index in [2.05, 4.69) is 29.5 Å². The molecule has 0 spiro atoms. The summed E-state index contributed by atoms with van der Waals surface area (Å²) in [5.41, 5.74) is 2.13. The van der Waals surface area contributed by atoms with Crippen LogP contribution in [0.4, 0.5) is 0 Å². The number of imidazole rings is 1. The Labute approximate surface area is 108 Å². The monoisotopic (exact) mass is 246 g/mol. The highest BCUT2D eigenvalue weighted by molar-refractivity contribution is 5.75. The highest BCUT2D eigenvalue weighted by Crippen LogP contribution is 2.18. The van der Waals surface area contributed by atoms with Gasteiger partial charge in [-0.2, -0.15) is 0 Å². The predicted molar refractivity (Wildman–Crippen MR) is 74.5 cm³/mol. The van der Waals surface area contributed by atoms with Gasteiger partial charge in [-0.1, -0.05) is 32.4 Å². The maximum absolute atomic E-state index is 10.2. The van der Waals surface area contributed by atoms with Gasteiger partial charge in [-0.05, 0) is 24.5 Å². The summed E-state index contributed by atoms with van der Waals surface area (Å²) >= 11 is 0. The lowest BCUT2D eigenvalue weighted by molar-refractivity contribution is 0.109. The van der Waals surface area contributed by atoms with E-state index in [1.807, 2.05) is 25.2 Å². The maximum Gasteiger partial charge on any atom is 0.112 e. The number of benzene rings is 1. The van der Waals surface area contributed by atoms with Gasteiger partial charge in [0.25, 0.3) is 0 Å². The first-order chi connectivity index (χ1) is 8.63. The molecule has 0 aliphatic rings. The average molecular weight is 246 g/mol. The fraction of sp³-hybridized carbons (Fsp3) is 0.533. The van der Waals surface area contributed by atoms with Gasteiger partial charge in [0.05, 0.1) is 17.1 Å². The summed E-state index contributed by atoms with van der Waals surface area (Å²) in [7, 11) is 2.02. The molecule has 0 aliphatic carbocycles. The summed E-state index contributed by atoms with van der Waals surface area (Å²) in [6, 6.07) is 8.09. The van der Waals surface area contributed by atoms with E-state index >= 15 is 0 Å². The molecule has 1 aromatic heterocycles. The average Bonchev–Trinajstić information content (AvgIpc) is 2.67. The van der Waals surface area contributed by atoms with Crippen molar-refractivity contribution in [2.45, 2.75) is 39.2 Å². The zero-order valence-electron chi connectivity index (χ0n) is 11.4. The first kappa shape index (κ1) is 13.1. The Hall–Kier alpha value is -1.35. The summed E-state index contributed by atoms with van der Waals surface area (Å²) < 4.78 is 2.08. The number of nitrogens with zero attached hydrogens (tertiary/aromatic N) is 2. The van der Waals surface area contributed by atoms with Crippen molar-refractivity contribution in [1.29, 1.82) is 0 Å². The van der Waals surface area contributed by atoms with E-state index in [9.17, 15) is 5.11 Å². The number of aliphatic hydroxyl groups is 1. The van der Waals surface area contributed by atoms with E-state index in [4.69, 9.17) is 0 Å². The minimum Gasteiger partial charge on any atom is -0.392 e. The Morgan fingerprint density at radius 3 is 2.72 bits per heavy atom. The molecule has 2 unspecified atom stereocenters. The number of aromatic nitrogens is 2. The second-order valence-corrected chi connectivity index (χ2v) is 5.11. The Morgan fingerprint density at radius 2 is 2.06 bits per heavy atom. The lowest BCUT2D eigenvalue weighted by Crippen LogP contribution is -2.22. The van der Waals surface area contributed by atoms with Crippen LogP contribution in [0.5, 0.6) is 0 Å². The third-order valence-electron chi connectivity index (χ3n) is 3.67. The van der Waals surface area contributed by atoms with Crippen LogP contribution in [0.3, 0.4) is 0 Å². The van der Waals surface area contributed by atoms with Crippen molar-refractivity contribution in [3.8, 4) is 0 Å². The number of fused-ring (bicyclic) bond motifs is 1. The molecule has 0 saturated heterocycles. The van der Waals surface area contributed by atoms with Gasteiger partial charge in [0.15, 0.2) is 0 Å². The SMILES string of the molecule is CCCC(C)C(O)Cc1nc2ccccc2n1C. The molecular weight excluding hydrogens is 224 g/mol. The number of para-hydroxylation sites is 2. The molecule has 1 heterocycles. The number of aryl methyl sites for hydroxylation is 1. The summed E-state index contributed by atoms with van der Waals surface area (Å²) in [5, 5.41) is 10.2. The number of hydrogen-bond acceptors (Lipinski definition) is 2. The zero-order valence-corrected chi connectivity index (χ0v) is 11.4. The van der Waals surface area contributed by atoms with Crippen molar-refractivity contribution in [2.24, 2.45) is 13.0 Å². The van der Waals surface area contributed by atoms with Crippen molar-refractivity contribution in [3.05, 3.63) is 30.1 Å². The Morgan fingerprint density at radius 1 is 1.33 bits per heavy atom. The van der Waals surface area contributed by atoms with Gasteiger partial charge in [-0.15, -0.1) is 0 Å². The maximum atomic E-state index is 10.2. The zero-order chi connectivity index (χ0) is 13.1. The van der Waals surface area contributed by atoms with Crippen LogP contribution in [-0.4, -0.2) is 20.8 Å². The van der Waals surface area contributed by atoms with Crippen LogP contribution in [0.15, 0.2) is 24.3 Å². The summed E-state index contributed by atoms with van der Waals surface area (Å²) in [5.74, 6) is 1.29. The van der Waals surface area contributed by atoms with Crippen LogP contribution >= 0.6 is 0 Å². The second-order valence-electron chi connectivity index (χ2n) is 5.11. The third kappa shape index (κ3) is 2.56. The fourth-order valence-electron chi connectivity index (χ4n) is 2.41. The van der Waals surface area contributed by atoms with Gasteiger partial charge in [-0.3, -0.25) is 0 Å². The van der Waals surface area contributed by atoms with Crippen molar-refractivity contribution < 1.29 is 5.11 Å². The van der Waals surface area contributed by atoms with E-state index in [1.54, 1.807) is 0 Å². The van der Waals surface area contributed by atoms with Crippen LogP contribution in [0.25, 0.3) is 11.0 Å². The molecule has 2 atom stereocenters. The van der Waals surface area contributed by atoms with Crippen molar-refractivity contribution in [3.63, 3.8) is 0 Å². The molecule has 2 rings (SSSR count). The largest absolute Gasteiger partial charge is 0.392 e. The normalized spacial score (nSPS) is 14.9. The second kappa shape index (κ2) is 5.53. The molecule has 0 aliphatic heterocycles. The highest BCUT2D eigenvalue weighted by atomic mass is 16.3. The topological polar surface area (TPSA) is 38.1 Å². The van der Waals surface area contributed by atoms with Crippen LogP contribution in [0, 0.1) is 5.92 Å². The lowest BCUT2D eigenvalue weighted by atomic mass is 9.97. The van der Waals surface area contributed by atoms with E-state index in [-0.39, 0.29) is 6.10 Å². The minimum atomic E-state index is -0.305. The van der Waals surface area contributed by atoms with Crippen LogP contribution in [-0.2, 0) is 13.5 Å². The van der Waals surface area contributed by atoms with Gasteiger partial charge in [-0.25, -0.2) is 4.98 Å². The minimum absolute atomic E-state index is 0.305. The number of rotatable bonds is 5. The molecule has 1 N–H and O–H groups in total. The van der Waals surface area contributed by atoms with Crippen LogP contribution in [0.2, 0.25) is 0 Å². The molecule has 98 valence electrons. The first-order valence-electron chi connectivity index (χ1n) is 6.72. The standard InChI is InChI=1S/C15H22N2O/c1-4-7-11(2)14(18)10-15-16-12-8-5-6-9-13(12)17(15)3/h5-6,8-9,11,14,18H,4,7,10H2,1-3H3. The smallest absolute Gasteiger partial charge is 0.112 e. The molecular formula is C15H22N2O. The molecule has 0 saturated carbocycles. The molecule has 1 aromatic carbocycles. The van der Waals surface area contributed by atoms with Gasteiger partial charge in [0.2, 0.25) is 0 Å². The van der Waals surface area contributed by atoms with E-state index in [1.165, 1.54) is 0 Å². The summed E-state index contributed by atoms with van der Waals surface area (Å²) in [6.45, 7) is 4.26. The van der Waals surface area contributed by atoms with Crippen molar-refractivity contribution >= 4 is 11.0 Å². The van der Waals surface area contributed by atoms with Gasteiger partial charge < -0.3 is 9.67 Å². The fourth-order valence-corrected chi connectivity index (χ4v) is 2.41. The van der Waals surface area contributed by atoms with E-state index in [0.717, 1.165) is 29.7 Å². The van der Waals surface area contributed by atoms with E-state index < -0.39 is 0 Å². The van der Waals surface area contributed by atoms with Crippen molar-refractivity contribution in [2.75, 3.05) is 0 Å².